The quantitative estimate of drug-likeness (QED) is 0.0827. The van der Waals surface area contributed by atoms with E-state index in [0.29, 0.717) is 42.2 Å². The third kappa shape index (κ3) is 8.51. The van der Waals surface area contributed by atoms with E-state index in [2.05, 4.69) is 10.9 Å². The minimum Gasteiger partial charge on any atom is -0.497 e. The molecule has 0 fully saturated rings. The van der Waals surface area contributed by atoms with Crippen LogP contribution in [0.4, 0.5) is 0 Å². The van der Waals surface area contributed by atoms with Crippen LogP contribution in [0.15, 0.2) is 143 Å². The maximum absolute atomic E-state index is 14.5. The first-order valence-electron chi connectivity index (χ1n) is 17.0. The molecule has 1 aliphatic rings. The number of ether oxygens (including phenoxy) is 3. The standard InChI is InChI=1S/C41H41N3O7S/c1-49-35-21-13-30(14-22-35)29-42-44-40(46)41(25-28-52(47,48)37-11-6-3-7-12-37)38(33-17-15-32(16-18-33)31-9-4-2-5-10-31)51-39(43-41)34-19-23-36(24-20-34)50-27-8-26-45/h2-7,9-24,38,42,45H,8,25-29H2,1H3,(H,44,46)/t38-,41-/m0/s1. The molecule has 0 bridgehead atoms. The number of nitrogens with zero attached hydrogens (tertiary/aromatic N) is 1. The molecule has 11 heteroatoms. The molecular weight excluding hydrogens is 679 g/mol. The Hall–Kier alpha value is -5.49. The lowest BCUT2D eigenvalue weighted by Crippen LogP contribution is -2.53. The van der Waals surface area contributed by atoms with Crippen molar-refractivity contribution in [1.29, 1.82) is 0 Å². The first-order valence-corrected chi connectivity index (χ1v) is 18.7. The van der Waals surface area contributed by atoms with Gasteiger partial charge in [0.15, 0.2) is 21.5 Å². The number of aliphatic hydroxyl groups excluding tert-OH is 1. The first-order chi connectivity index (χ1) is 25.3. The molecule has 1 amide bonds. The maximum atomic E-state index is 14.5. The SMILES string of the molecule is COc1ccc(CNNC(=O)[C@@]2(CCS(=O)(=O)c3ccccc3)N=C(c3ccc(OCCCO)cc3)O[C@H]2c2ccc(-c3ccccc3)cc2)cc1. The van der Waals surface area contributed by atoms with E-state index in [1.807, 2.05) is 78.9 Å². The van der Waals surface area contributed by atoms with Crippen molar-refractivity contribution in [3.63, 3.8) is 0 Å². The Kier molecular flexibility index (Phi) is 11.6. The molecule has 0 aliphatic carbocycles. The lowest BCUT2D eigenvalue weighted by molar-refractivity contribution is -0.130. The highest BCUT2D eigenvalue weighted by molar-refractivity contribution is 7.91. The van der Waals surface area contributed by atoms with Crippen LogP contribution >= 0.6 is 0 Å². The number of sulfone groups is 1. The zero-order valence-corrected chi connectivity index (χ0v) is 29.6. The number of rotatable bonds is 16. The summed E-state index contributed by atoms with van der Waals surface area (Å²) in [5, 5.41) is 9.12. The van der Waals surface area contributed by atoms with Crippen molar-refractivity contribution in [3.8, 4) is 22.6 Å². The van der Waals surface area contributed by atoms with Gasteiger partial charge in [0.25, 0.3) is 5.91 Å². The van der Waals surface area contributed by atoms with Crippen molar-refractivity contribution in [2.45, 2.75) is 35.9 Å². The number of methoxy groups -OCH3 is 1. The number of aliphatic hydroxyl groups is 1. The van der Waals surface area contributed by atoms with Gasteiger partial charge in [0.2, 0.25) is 5.90 Å². The number of benzene rings is 5. The highest BCUT2D eigenvalue weighted by Crippen LogP contribution is 2.43. The van der Waals surface area contributed by atoms with Gasteiger partial charge in [-0.1, -0.05) is 84.9 Å². The number of hydrogen-bond donors (Lipinski definition) is 3. The Morgan fingerprint density at radius 3 is 2.08 bits per heavy atom. The largest absolute Gasteiger partial charge is 0.497 e. The molecule has 5 aromatic carbocycles. The summed E-state index contributed by atoms with van der Waals surface area (Å²) in [5.74, 6) is 0.604. The summed E-state index contributed by atoms with van der Waals surface area (Å²) in [6.45, 7) is 0.673. The van der Waals surface area contributed by atoms with E-state index in [9.17, 15) is 13.2 Å². The smallest absolute Gasteiger partial charge is 0.266 e. The van der Waals surface area contributed by atoms with E-state index in [1.165, 1.54) is 0 Å². The van der Waals surface area contributed by atoms with Crippen LogP contribution in [0.3, 0.4) is 0 Å². The predicted octanol–water partition coefficient (Wildman–Crippen LogP) is 6.07. The molecule has 1 heterocycles. The van der Waals surface area contributed by atoms with Gasteiger partial charge >= 0.3 is 0 Å². The van der Waals surface area contributed by atoms with Crippen LogP contribution in [0.25, 0.3) is 11.1 Å². The zero-order chi connectivity index (χ0) is 36.4. The molecule has 268 valence electrons. The van der Waals surface area contributed by atoms with Crippen LogP contribution in [-0.2, 0) is 25.9 Å². The topological polar surface area (TPSA) is 136 Å². The van der Waals surface area contributed by atoms with Crippen LogP contribution in [0.2, 0.25) is 0 Å². The van der Waals surface area contributed by atoms with Crippen LogP contribution in [0.5, 0.6) is 11.5 Å². The minimum absolute atomic E-state index is 0.0234. The molecule has 0 saturated carbocycles. The van der Waals surface area contributed by atoms with Gasteiger partial charge in [0.1, 0.15) is 11.5 Å². The summed E-state index contributed by atoms with van der Waals surface area (Å²) in [6.07, 6.45) is -0.642. The summed E-state index contributed by atoms with van der Waals surface area (Å²) >= 11 is 0. The molecule has 0 unspecified atom stereocenters. The lowest BCUT2D eigenvalue weighted by Gasteiger charge is -2.30. The lowest BCUT2D eigenvalue weighted by atomic mass is 9.84. The molecule has 5 aromatic rings. The molecule has 3 N–H and O–H groups in total. The predicted molar refractivity (Wildman–Crippen MR) is 200 cm³/mol. The van der Waals surface area contributed by atoms with Crippen molar-refractivity contribution in [3.05, 3.63) is 150 Å². The molecule has 0 radical (unpaired) electrons. The fourth-order valence-corrected chi connectivity index (χ4v) is 7.35. The van der Waals surface area contributed by atoms with Crippen molar-refractivity contribution < 1.29 is 32.5 Å². The monoisotopic (exact) mass is 719 g/mol. The van der Waals surface area contributed by atoms with Gasteiger partial charge in [-0.2, -0.15) is 0 Å². The molecule has 1 aliphatic heterocycles. The Balaban J connectivity index is 1.37. The van der Waals surface area contributed by atoms with Crippen LogP contribution in [-0.4, -0.2) is 56.9 Å². The first kappa shape index (κ1) is 36.3. The average Bonchev–Trinajstić information content (AvgIpc) is 3.59. The molecular formula is C41H41N3O7S. The van der Waals surface area contributed by atoms with E-state index in [-0.39, 0.29) is 29.6 Å². The summed E-state index contributed by atoms with van der Waals surface area (Å²) < 4.78 is 44.9. The van der Waals surface area contributed by atoms with Gasteiger partial charge in [0, 0.05) is 31.6 Å². The van der Waals surface area contributed by atoms with Crippen LogP contribution in [0.1, 0.15) is 35.6 Å². The number of carbonyl (C=O) groups is 1. The van der Waals surface area contributed by atoms with Gasteiger partial charge in [-0.3, -0.25) is 10.2 Å². The number of nitrogens with one attached hydrogen (secondary N) is 2. The second-order valence-corrected chi connectivity index (χ2v) is 14.4. The Bertz CT molecular complexity index is 2060. The van der Waals surface area contributed by atoms with Crippen LogP contribution in [0, 0.1) is 0 Å². The van der Waals surface area contributed by atoms with Gasteiger partial charge < -0.3 is 19.3 Å². The molecule has 10 nitrogen and oxygen atoms in total. The van der Waals surface area contributed by atoms with Gasteiger partial charge in [0.05, 0.1) is 24.4 Å². The summed E-state index contributed by atoms with van der Waals surface area (Å²) in [7, 11) is -2.21. The Labute approximate surface area is 304 Å². The number of amides is 1. The van der Waals surface area contributed by atoms with E-state index in [4.69, 9.17) is 24.3 Å². The van der Waals surface area contributed by atoms with Gasteiger partial charge in [-0.25, -0.2) is 18.8 Å². The van der Waals surface area contributed by atoms with Crippen molar-refractivity contribution in [2.24, 2.45) is 4.99 Å². The summed E-state index contributed by atoms with van der Waals surface area (Å²) in [5.41, 5.74) is 8.29. The van der Waals surface area contributed by atoms with E-state index in [0.717, 1.165) is 16.7 Å². The number of aliphatic imine (C=N–C) groups is 1. The molecule has 0 saturated heterocycles. The molecule has 0 spiro atoms. The highest BCUT2D eigenvalue weighted by Gasteiger charge is 2.53. The fourth-order valence-electron chi connectivity index (χ4n) is 5.97. The Morgan fingerprint density at radius 1 is 0.808 bits per heavy atom. The second-order valence-electron chi connectivity index (χ2n) is 12.3. The van der Waals surface area contributed by atoms with Crippen molar-refractivity contribution >= 4 is 21.6 Å². The summed E-state index contributed by atoms with van der Waals surface area (Å²) in [6, 6.07) is 40.3. The number of hydrogen-bond acceptors (Lipinski definition) is 9. The number of hydrazine groups is 1. The normalized spacial score (nSPS) is 16.8. The van der Waals surface area contributed by atoms with Crippen molar-refractivity contribution in [1.82, 2.24) is 10.9 Å². The molecule has 52 heavy (non-hydrogen) atoms. The Morgan fingerprint density at radius 2 is 1.42 bits per heavy atom. The van der Waals surface area contributed by atoms with Gasteiger partial charge in [-0.15, -0.1) is 0 Å². The van der Waals surface area contributed by atoms with E-state index in [1.54, 1.807) is 61.7 Å². The average molecular weight is 720 g/mol. The third-order valence-corrected chi connectivity index (χ3v) is 10.6. The highest BCUT2D eigenvalue weighted by atomic mass is 32.2. The molecule has 0 aromatic heterocycles. The van der Waals surface area contributed by atoms with Gasteiger partial charge in [-0.05, 0) is 70.8 Å². The second kappa shape index (κ2) is 16.7. The maximum Gasteiger partial charge on any atom is 0.266 e. The number of carbonyl (C=O) groups excluding carboxylic acids is 1. The zero-order valence-electron chi connectivity index (χ0n) is 28.8. The molecule has 6 rings (SSSR count). The fraction of sp³-hybridized carbons (Fsp3) is 0.220. The molecule has 2 atom stereocenters. The third-order valence-electron chi connectivity index (χ3n) is 8.86. The van der Waals surface area contributed by atoms with Crippen molar-refractivity contribution in [2.75, 3.05) is 26.1 Å². The van der Waals surface area contributed by atoms with Crippen LogP contribution < -0.4 is 20.3 Å². The summed E-state index contributed by atoms with van der Waals surface area (Å²) in [4.78, 5) is 19.7. The van der Waals surface area contributed by atoms with E-state index < -0.39 is 27.4 Å². The van der Waals surface area contributed by atoms with E-state index >= 15 is 0 Å². The minimum atomic E-state index is -3.81.